The zero-order valence-electron chi connectivity index (χ0n) is 16.8. The van der Waals surface area contributed by atoms with Crippen molar-refractivity contribution in [1.29, 1.82) is 0 Å². The lowest BCUT2D eigenvalue weighted by atomic mass is 10.1. The average Bonchev–Trinajstić information content (AvgIpc) is 2.61. The SMILES string of the molecule is C/C=C\P(=O)(O)O.CC(C)(N)C(=O)O.O=c1cc(O)c2ccccc2o1.OCCS. The van der Waals surface area contributed by atoms with Crippen LogP contribution in [0.2, 0.25) is 0 Å². The Morgan fingerprint density at radius 2 is 1.77 bits per heavy atom. The molecule has 0 aliphatic rings. The Bertz CT molecular complexity index is 898. The maximum Gasteiger partial charge on any atom is 0.348 e. The van der Waals surface area contributed by atoms with Gasteiger partial charge >= 0.3 is 19.2 Å². The predicted octanol–water partition coefficient (Wildman–Crippen LogP) is 1.91. The number of allylic oxidation sites excluding steroid dienone is 1. The molecule has 0 aliphatic heterocycles. The van der Waals surface area contributed by atoms with Crippen molar-refractivity contribution in [2.24, 2.45) is 5.73 Å². The molecule has 0 bridgehead atoms. The van der Waals surface area contributed by atoms with Crippen molar-refractivity contribution in [3.8, 4) is 5.75 Å². The molecule has 0 radical (unpaired) electrons. The number of hydrogen-bond donors (Lipinski definition) is 7. The molecule has 0 unspecified atom stereocenters. The Morgan fingerprint density at radius 1 is 1.30 bits per heavy atom. The monoisotopic (exact) mass is 465 g/mol. The highest BCUT2D eigenvalue weighted by molar-refractivity contribution is 7.80. The van der Waals surface area contributed by atoms with Crippen molar-refractivity contribution in [3.05, 3.63) is 52.6 Å². The van der Waals surface area contributed by atoms with Crippen molar-refractivity contribution in [2.45, 2.75) is 26.3 Å². The van der Waals surface area contributed by atoms with Gasteiger partial charge in [0, 0.05) is 11.6 Å². The molecule has 0 fully saturated rings. The van der Waals surface area contributed by atoms with Gasteiger partial charge < -0.3 is 35.3 Å². The van der Waals surface area contributed by atoms with Gasteiger partial charge in [-0.2, -0.15) is 12.6 Å². The lowest BCUT2D eigenvalue weighted by molar-refractivity contribution is -0.141. The minimum Gasteiger partial charge on any atom is -0.507 e. The van der Waals surface area contributed by atoms with Gasteiger partial charge in [0.1, 0.15) is 16.9 Å². The number of carboxylic acids is 1. The highest BCUT2D eigenvalue weighted by Crippen LogP contribution is 2.35. The molecule has 10 nitrogen and oxygen atoms in total. The number of fused-ring (bicyclic) bond motifs is 1. The maximum absolute atomic E-state index is 10.8. The van der Waals surface area contributed by atoms with Crippen LogP contribution < -0.4 is 11.4 Å². The minimum atomic E-state index is -3.85. The first-order chi connectivity index (χ1) is 13.7. The van der Waals surface area contributed by atoms with Crippen LogP contribution in [0.25, 0.3) is 11.0 Å². The molecule has 170 valence electrons. The van der Waals surface area contributed by atoms with Gasteiger partial charge in [-0.15, -0.1) is 0 Å². The van der Waals surface area contributed by atoms with Gasteiger partial charge in [-0.1, -0.05) is 18.2 Å². The Balaban J connectivity index is 0. The van der Waals surface area contributed by atoms with Gasteiger partial charge in [-0.3, -0.25) is 9.36 Å². The van der Waals surface area contributed by atoms with Gasteiger partial charge in [-0.05, 0) is 32.9 Å². The van der Waals surface area contributed by atoms with Crippen molar-refractivity contribution in [2.75, 3.05) is 12.4 Å². The summed E-state index contributed by atoms with van der Waals surface area (Å²) in [6, 6.07) is 7.89. The number of para-hydroxylation sites is 1. The fraction of sp³-hybridized carbons (Fsp3) is 0.333. The number of nitrogens with two attached hydrogens (primary N) is 1. The summed E-state index contributed by atoms with van der Waals surface area (Å²) >= 11 is 3.67. The summed E-state index contributed by atoms with van der Waals surface area (Å²) in [5.74, 6) is 0.404. The van der Waals surface area contributed by atoms with Crippen LogP contribution in [0.4, 0.5) is 0 Å². The average molecular weight is 465 g/mol. The number of aliphatic hydroxyl groups excluding tert-OH is 1. The molecule has 12 heteroatoms. The summed E-state index contributed by atoms with van der Waals surface area (Å²) in [7, 11) is -3.85. The summed E-state index contributed by atoms with van der Waals surface area (Å²) < 4.78 is 14.7. The number of benzene rings is 1. The standard InChI is InChI=1S/C9H6O3.C4H9NO2.C3H7O3P.C2H6OS/c10-7-5-9(11)12-8-4-2-1-3-6(7)8;1-4(2,5)3(6)7;1-2-3-7(4,5)6;3-1-2-4/h1-5,10H;5H2,1-2H3,(H,6,7);2-3H,1H3,(H2,4,5,6);3-4H,1-2H2/b;;3-2-;. The summed E-state index contributed by atoms with van der Waals surface area (Å²) in [6.45, 7) is 4.62. The summed E-state index contributed by atoms with van der Waals surface area (Å²) in [4.78, 5) is 36.8. The van der Waals surface area contributed by atoms with E-state index in [9.17, 15) is 19.3 Å². The van der Waals surface area contributed by atoms with Crippen LogP contribution in [-0.4, -0.2) is 49.0 Å². The number of aliphatic carboxylic acids is 1. The molecule has 7 N–H and O–H groups in total. The predicted molar refractivity (Wildman–Crippen MR) is 118 cm³/mol. The Morgan fingerprint density at radius 3 is 2.10 bits per heavy atom. The number of aromatic hydroxyl groups is 1. The Labute approximate surface area is 179 Å². The van der Waals surface area contributed by atoms with E-state index in [4.69, 9.17) is 30.2 Å². The van der Waals surface area contributed by atoms with E-state index in [-0.39, 0.29) is 12.4 Å². The van der Waals surface area contributed by atoms with Crippen LogP contribution in [0.15, 0.2) is 51.4 Å². The molecule has 0 atom stereocenters. The Kier molecular flexibility index (Phi) is 14.8. The molecule has 1 aromatic heterocycles. The van der Waals surface area contributed by atoms with E-state index in [1.807, 2.05) is 0 Å². The molecule has 1 aromatic carbocycles. The Hall–Kier alpha value is -2.14. The second-order valence-corrected chi connectivity index (χ2v) is 7.92. The first kappa shape index (κ1) is 30.1. The van der Waals surface area contributed by atoms with Crippen molar-refractivity contribution < 1.29 is 38.9 Å². The number of carboxylic acid groups (broad SMARTS) is 1. The third-order valence-corrected chi connectivity index (χ3v) is 3.51. The second kappa shape index (κ2) is 14.8. The van der Waals surface area contributed by atoms with Crippen LogP contribution in [0.5, 0.6) is 5.75 Å². The summed E-state index contributed by atoms with van der Waals surface area (Å²) in [5, 5.41) is 25.8. The lowest BCUT2D eigenvalue weighted by Gasteiger charge is -2.09. The fourth-order valence-electron chi connectivity index (χ4n) is 1.29. The first-order valence-corrected chi connectivity index (χ1v) is 10.7. The number of aliphatic hydroxyl groups is 1. The molecular weight excluding hydrogens is 437 g/mol. The van der Waals surface area contributed by atoms with E-state index >= 15 is 0 Å². The zero-order valence-corrected chi connectivity index (χ0v) is 18.6. The van der Waals surface area contributed by atoms with Crippen LogP contribution in [0.3, 0.4) is 0 Å². The van der Waals surface area contributed by atoms with Gasteiger partial charge in [0.05, 0.1) is 18.1 Å². The lowest BCUT2D eigenvalue weighted by Crippen LogP contribution is -2.41. The third kappa shape index (κ3) is 15.7. The van der Waals surface area contributed by atoms with E-state index < -0.39 is 24.7 Å². The molecule has 0 aliphatic carbocycles. The third-order valence-electron chi connectivity index (χ3n) is 2.62. The van der Waals surface area contributed by atoms with E-state index in [1.54, 1.807) is 31.2 Å². The molecule has 1 heterocycles. The molecule has 0 spiro atoms. The molecule has 0 amide bonds. The number of hydrogen-bond acceptors (Lipinski definition) is 8. The smallest absolute Gasteiger partial charge is 0.348 e. The van der Waals surface area contributed by atoms with E-state index in [2.05, 4.69) is 12.6 Å². The molecule has 0 saturated heterocycles. The largest absolute Gasteiger partial charge is 0.507 e. The fourth-order valence-corrected chi connectivity index (χ4v) is 1.68. The van der Waals surface area contributed by atoms with Crippen molar-refractivity contribution in [1.82, 2.24) is 0 Å². The van der Waals surface area contributed by atoms with Crippen LogP contribution in [-0.2, 0) is 9.36 Å². The number of carbonyl (C=O) groups is 1. The van der Waals surface area contributed by atoms with Crippen molar-refractivity contribution >= 4 is 37.2 Å². The summed E-state index contributed by atoms with van der Waals surface area (Å²) in [5.41, 5.74) is 3.86. The van der Waals surface area contributed by atoms with Crippen LogP contribution >= 0.6 is 20.2 Å². The highest BCUT2D eigenvalue weighted by atomic mass is 32.1. The number of rotatable bonds is 3. The first-order valence-electron chi connectivity index (χ1n) is 8.34. The maximum atomic E-state index is 10.8. The molecule has 2 rings (SSSR count). The van der Waals surface area contributed by atoms with E-state index in [0.29, 0.717) is 16.7 Å². The minimum absolute atomic E-state index is 0.0400. The van der Waals surface area contributed by atoms with Gasteiger partial charge in [0.25, 0.3) is 0 Å². The van der Waals surface area contributed by atoms with Crippen molar-refractivity contribution in [3.63, 3.8) is 0 Å². The molecule has 2 aromatic rings. The van der Waals surface area contributed by atoms with E-state index in [0.717, 1.165) is 11.9 Å². The van der Waals surface area contributed by atoms with Crippen LogP contribution in [0, 0.1) is 0 Å². The quantitative estimate of drug-likeness (QED) is 0.200. The molecule has 30 heavy (non-hydrogen) atoms. The van der Waals surface area contributed by atoms with Crippen LogP contribution in [0.1, 0.15) is 20.8 Å². The van der Waals surface area contributed by atoms with Gasteiger partial charge in [0.15, 0.2) is 0 Å². The molecule has 0 saturated carbocycles. The van der Waals surface area contributed by atoms with Gasteiger partial charge in [-0.25, -0.2) is 4.79 Å². The normalized spacial score (nSPS) is 10.8. The van der Waals surface area contributed by atoms with Gasteiger partial charge in [0.2, 0.25) is 0 Å². The van der Waals surface area contributed by atoms with E-state index in [1.165, 1.54) is 19.9 Å². The number of thiol groups is 1. The molecular formula is C18H28NO9PS. The second-order valence-electron chi connectivity index (χ2n) is 5.99. The zero-order chi connectivity index (χ0) is 24.0. The highest BCUT2D eigenvalue weighted by Gasteiger charge is 2.19. The topological polar surface area (TPSA) is 192 Å². The summed E-state index contributed by atoms with van der Waals surface area (Å²) in [6.07, 6.45) is 1.32.